The average Bonchev–Trinajstić information content (AvgIpc) is 2.25. The van der Waals surface area contributed by atoms with E-state index in [1.54, 1.807) is 0 Å². The first kappa shape index (κ1) is 17.2. The minimum Gasteiger partial charge on any atom is -0.459 e. The fourth-order valence-electron chi connectivity index (χ4n) is 1.61. The lowest BCUT2D eigenvalue weighted by Gasteiger charge is -2.24. The van der Waals surface area contributed by atoms with Crippen molar-refractivity contribution in [3.05, 3.63) is 12.7 Å². The van der Waals surface area contributed by atoms with Crippen LogP contribution in [0.5, 0.6) is 0 Å². The van der Waals surface area contributed by atoms with Crippen molar-refractivity contribution in [2.24, 2.45) is 0 Å². The van der Waals surface area contributed by atoms with Gasteiger partial charge in [-0.1, -0.05) is 25.8 Å². The Morgan fingerprint density at radius 2 is 2.06 bits per heavy atom. The van der Waals surface area contributed by atoms with Gasteiger partial charge in [-0.15, -0.1) is 6.58 Å². The molecule has 0 amide bonds. The Labute approximate surface area is 112 Å². The first-order chi connectivity index (χ1) is 8.40. The van der Waals surface area contributed by atoms with E-state index in [1.807, 2.05) is 26.8 Å². The van der Waals surface area contributed by atoms with Gasteiger partial charge in [0.15, 0.2) is 0 Å². The van der Waals surface area contributed by atoms with E-state index >= 15 is 0 Å². The summed E-state index contributed by atoms with van der Waals surface area (Å²) in [4.78, 5) is 12.0. The van der Waals surface area contributed by atoms with E-state index in [2.05, 4.69) is 18.8 Å². The van der Waals surface area contributed by atoms with Gasteiger partial charge >= 0.3 is 5.97 Å². The zero-order chi connectivity index (χ0) is 14.0. The zero-order valence-corrected chi connectivity index (χ0v) is 12.4. The van der Waals surface area contributed by atoms with Gasteiger partial charge in [-0.3, -0.25) is 4.79 Å². The van der Waals surface area contributed by atoms with Gasteiger partial charge in [0, 0.05) is 0 Å². The highest BCUT2D eigenvalue weighted by molar-refractivity contribution is 5.76. The summed E-state index contributed by atoms with van der Waals surface area (Å²) in [5, 5.41) is 3.29. The van der Waals surface area contributed by atoms with Crippen molar-refractivity contribution in [3.63, 3.8) is 0 Å². The first-order valence-corrected chi connectivity index (χ1v) is 6.98. The van der Waals surface area contributed by atoms with Crippen LogP contribution >= 0.6 is 0 Å². The lowest BCUT2D eigenvalue weighted by molar-refractivity contribution is -0.157. The summed E-state index contributed by atoms with van der Waals surface area (Å²) in [6.45, 7) is 12.4. The van der Waals surface area contributed by atoms with Crippen LogP contribution < -0.4 is 5.32 Å². The monoisotopic (exact) mass is 255 g/mol. The molecule has 0 saturated heterocycles. The largest absolute Gasteiger partial charge is 0.459 e. The van der Waals surface area contributed by atoms with Gasteiger partial charge in [-0.05, 0) is 46.6 Å². The molecule has 0 aromatic rings. The van der Waals surface area contributed by atoms with Gasteiger partial charge in [0.05, 0.1) is 0 Å². The number of carbonyl (C=O) groups is 1. The lowest BCUT2D eigenvalue weighted by atomic mass is 10.1. The summed E-state index contributed by atoms with van der Waals surface area (Å²) < 4.78 is 5.43. The van der Waals surface area contributed by atoms with Crippen molar-refractivity contribution in [3.8, 4) is 0 Å². The molecule has 0 rings (SSSR count). The zero-order valence-electron chi connectivity index (χ0n) is 12.4. The van der Waals surface area contributed by atoms with Crippen molar-refractivity contribution in [2.45, 2.75) is 71.4 Å². The number of esters is 1. The lowest BCUT2D eigenvalue weighted by Crippen LogP contribution is -2.41. The van der Waals surface area contributed by atoms with Crippen LogP contribution in [0.25, 0.3) is 0 Å². The quantitative estimate of drug-likeness (QED) is 0.389. The average molecular weight is 255 g/mol. The third-order valence-corrected chi connectivity index (χ3v) is 2.51. The minimum absolute atomic E-state index is 0.130. The smallest absolute Gasteiger partial charge is 0.323 e. The van der Waals surface area contributed by atoms with Gasteiger partial charge < -0.3 is 10.1 Å². The van der Waals surface area contributed by atoms with Crippen molar-refractivity contribution in [2.75, 3.05) is 6.54 Å². The number of unbranched alkanes of at least 4 members (excludes halogenated alkanes) is 2. The molecule has 0 bridgehead atoms. The highest BCUT2D eigenvalue weighted by Crippen LogP contribution is 2.11. The molecule has 0 aromatic heterocycles. The van der Waals surface area contributed by atoms with Gasteiger partial charge in [-0.2, -0.15) is 0 Å². The third-order valence-electron chi connectivity index (χ3n) is 2.51. The number of hydrogen-bond acceptors (Lipinski definition) is 3. The van der Waals surface area contributed by atoms with E-state index in [0.717, 1.165) is 38.6 Å². The Hall–Kier alpha value is -0.830. The van der Waals surface area contributed by atoms with E-state index in [-0.39, 0.29) is 12.0 Å². The molecular formula is C15H29NO2. The molecule has 18 heavy (non-hydrogen) atoms. The maximum Gasteiger partial charge on any atom is 0.323 e. The van der Waals surface area contributed by atoms with Crippen LogP contribution in [0.4, 0.5) is 0 Å². The molecule has 0 aliphatic rings. The molecule has 106 valence electrons. The number of rotatable bonds is 9. The van der Waals surface area contributed by atoms with E-state index in [1.165, 1.54) is 0 Å². The van der Waals surface area contributed by atoms with Crippen LogP contribution in [0, 0.1) is 0 Å². The molecule has 0 saturated carbocycles. The van der Waals surface area contributed by atoms with Gasteiger partial charge in [0.1, 0.15) is 11.6 Å². The second-order valence-corrected chi connectivity index (χ2v) is 5.61. The molecule has 0 aliphatic carbocycles. The fraction of sp³-hybridized carbons (Fsp3) is 0.800. The number of nitrogens with one attached hydrogen (secondary N) is 1. The number of hydrogen-bond donors (Lipinski definition) is 1. The second-order valence-electron chi connectivity index (χ2n) is 5.61. The fourth-order valence-corrected chi connectivity index (χ4v) is 1.61. The molecule has 0 spiro atoms. The molecular weight excluding hydrogens is 226 g/mol. The van der Waals surface area contributed by atoms with E-state index in [4.69, 9.17) is 4.74 Å². The van der Waals surface area contributed by atoms with Crippen molar-refractivity contribution < 1.29 is 9.53 Å². The summed E-state index contributed by atoms with van der Waals surface area (Å²) >= 11 is 0. The second kappa shape index (κ2) is 9.15. The molecule has 0 aromatic carbocycles. The standard InChI is InChI=1S/C15H29NO2/c1-6-8-10-12-16-13(11-9-7-2)14(17)18-15(3,4)5/h6,13,16H,1,7-12H2,2-5H3/t13-/m0/s1. The van der Waals surface area contributed by atoms with Crippen LogP contribution in [-0.4, -0.2) is 24.2 Å². The molecule has 0 radical (unpaired) electrons. The molecule has 0 aliphatic heterocycles. The molecule has 0 fully saturated rings. The highest BCUT2D eigenvalue weighted by Gasteiger charge is 2.23. The molecule has 1 atom stereocenters. The van der Waals surface area contributed by atoms with Crippen LogP contribution in [0.15, 0.2) is 12.7 Å². The van der Waals surface area contributed by atoms with Crippen LogP contribution in [-0.2, 0) is 9.53 Å². The maximum absolute atomic E-state index is 12.0. The van der Waals surface area contributed by atoms with E-state index < -0.39 is 5.60 Å². The molecule has 3 heteroatoms. The summed E-state index contributed by atoms with van der Waals surface area (Å²) in [7, 11) is 0. The Balaban J connectivity index is 4.19. The summed E-state index contributed by atoms with van der Waals surface area (Å²) in [5.74, 6) is -0.130. The number of carbonyl (C=O) groups excluding carboxylic acids is 1. The minimum atomic E-state index is -0.412. The highest BCUT2D eigenvalue weighted by atomic mass is 16.6. The summed E-state index contributed by atoms with van der Waals surface area (Å²) in [5.41, 5.74) is -0.412. The van der Waals surface area contributed by atoms with Gasteiger partial charge in [0.2, 0.25) is 0 Å². The Bertz CT molecular complexity index is 243. The van der Waals surface area contributed by atoms with Crippen LogP contribution in [0.2, 0.25) is 0 Å². The van der Waals surface area contributed by atoms with Crippen LogP contribution in [0.1, 0.15) is 59.8 Å². The first-order valence-electron chi connectivity index (χ1n) is 6.98. The SMILES string of the molecule is C=CCCCN[C@@H](CCCC)C(=O)OC(C)(C)C. The maximum atomic E-state index is 12.0. The topological polar surface area (TPSA) is 38.3 Å². The van der Waals surface area contributed by atoms with Crippen molar-refractivity contribution in [1.29, 1.82) is 0 Å². The number of ether oxygens (including phenoxy) is 1. The molecule has 3 nitrogen and oxygen atoms in total. The molecule has 0 heterocycles. The van der Waals surface area contributed by atoms with Gasteiger partial charge in [-0.25, -0.2) is 0 Å². The normalized spacial score (nSPS) is 13.1. The molecule has 0 unspecified atom stereocenters. The number of allylic oxidation sites excluding steroid dienone is 1. The third kappa shape index (κ3) is 9.23. The predicted octanol–water partition coefficient (Wildman–Crippen LogP) is 3.44. The van der Waals surface area contributed by atoms with Crippen molar-refractivity contribution >= 4 is 5.97 Å². The summed E-state index contributed by atoms with van der Waals surface area (Å²) in [6, 6.07) is -0.172. The van der Waals surface area contributed by atoms with E-state index in [0.29, 0.717) is 0 Å². The predicted molar refractivity (Wildman–Crippen MR) is 76.6 cm³/mol. The van der Waals surface area contributed by atoms with Crippen LogP contribution in [0.3, 0.4) is 0 Å². The Kier molecular flexibility index (Phi) is 8.73. The molecule has 1 N–H and O–H groups in total. The Morgan fingerprint density at radius 3 is 2.56 bits per heavy atom. The van der Waals surface area contributed by atoms with Crippen molar-refractivity contribution in [1.82, 2.24) is 5.32 Å². The summed E-state index contributed by atoms with van der Waals surface area (Å²) in [6.07, 6.45) is 6.86. The van der Waals surface area contributed by atoms with Gasteiger partial charge in [0.25, 0.3) is 0 Å². The Morgan fingerprint density at radius 1 is 1.39 bits per heavy atom. The van der Waals surface area contributed by atoms with E-state index in [9.17, 15) is 4.79 Å².